The number of aliphatic carboxylic acids is 1. The molecule has 0 fully saturated rings. The quantitative estimate of drug-likeness (QED) is 0.137. The fraction of sp³-hybridized carbons (Fsp3) is 0.885. The van der Waals surface area contributed by atoms with Gasteiger partial charge in [-0.15, -0.1) is 0 Å². The van der Waals surface area contributed by atoms with Crippen molar-refractivity contribution in [3.8, 4) is 0 Å². The van der Waals surface area contributed by atoms with Crippen molar-refractivity contribution in [1.29, 1.82) is 0 Å². The van der Waals surface area contributed by atoms with Crippen LogP contribution in [-0.2, 0) is 4.79 Å². The Balaban J connectivity index is 3.12. The molecular weight excluding hydrogens is 358 g/mol. The van der Waals surface area contributed by atoms with Crippen molar-refractivity contribution < 1.29 is 9.90 Å². The smallest absolute Gasteiger partial charge is 0.330 e. The van der Waals surface area contributed by atoms with E-state index in [2.05, 4.69) is 25.3 Å². The van der Waals surface area contributed by atoms with Crippen LogP contribution < -0.4 is 0 Å². The molecule has 0 aliphatic carbocycles. The van der Waals surface area contributed by atoms with E-state index in [1.54, 1.807) is 0 Å². The number of carbonyl (C=O) groups is 1. The summed E-state index contributed by atoms with van der Waals surface area (Å²) in [5.74, 6) is -0.841. The Kier molecular flexibility index (Phi) is 21.2. The summed E-state index contributed by atoms with van der Waals surface area (Å²) in [7, 11) is 0. The van der Waals surface area contributed by atoms with Gasteiger partial charge >= 0.3 is 5.97 Å². The normalized spacial score (nSPS) is 11.3. The molecule has 0 aliphatic heterocycles. The fourth-order valence-electron chi connectivity index (χ4n) is 3.97. The van der Waals surface area contributed by atoms with Crippen LogP contribution in [0, 0.1) is 0 Å². The van der Waals surface area contributed by atoms with E-state index in [0.717, 1.165) is 12.8 Å². The predicted octanol–water partition coefficient (Wildman–Crippen LogP) is 7.99. The summed E-state index contributed by atoms with van der Waals surface area (Å²) >= 11 is 0. The van der Waals surface area contributed by atoms with E-state index in [-0.39, 0.29) is 0 Å². The topological polar surface area (TPSA) is 40.5 Å². The lowest BCUT2D eigenvalue weighted by molar-refractivity contribution is -0.132. The first-order chi connectivity index (χ1) is 14.1. The number of hydrogen-bond acceptors (Lipinski definition) is 2. The molecule has 29 heavy (non-hydrogen) atoms. The van der Waals surface area contributed by atoms with Crippen molar-refractivity contribution in [3.63, 3.8) is 0 Å². The van der Waals surface area contributed by atoms with Crippen molar-refractivity contribution in [3.05, 3.63) is 12.2 Å². The average molecular weight is 410 g/mol. The van der Waals surface area contributed by atoms with E-state index in [1.165, 1.54) is 116 Å². The Bertz CT molecular complexity index is 377. The summed E-state index contributed by atoms with van der Waals surface area (Å²) in [6, 6.07) is 0. The van der Waals surface area contributed by atoms with Gasteiger partial charge in [0, 0.05) is 5.57 Å². The summed E-state index contributed by atoms with van der Waals surface area (Å²) in [5.41, 5.74) is 0.357. The molecule has 0 heterocycles. The lowest BCUT2D eigenvalue weighted by atomic mass is 10.0. The highest BCUT2D eigenvalue weighted by atomic mass is 16.4. The van der Waals surface area contributed by atoms with Crippen LogP contribution in [0.2, 0.25) is 0 Å². The highest BCUT2D eigenvalue weighted by molar-refractivity contribution is 5.85. The molecule has 0 amide bonds. The lowest BCUT2D eigenvalue weighted by Crippen LogP contribution is -2.23. The van der Waals surface area contributed by atoms with Gasteiger partial charge in [0.2, 0.25) is 0 Å². The van der Waals surface area contributed by atoms with E-state index >= 15 is 0 Å². The number of unbranched alkanes of at least 4 members (excludes halogenated alkanes) is 16. The SMILES string of the molecule is C=C(CCCCCCCCCCCCCCCCCCCN(CC)CC)C(=O)O. The molecule has 0 aromatic rings. The number of carboxylic acids is 1. The van der Waals surface area contributed by atoms with E-state index in [9.17, 15) is 4.79 Å². The molecule has 0 atom stereocenters. The fourth-order valence-corrected chi connectivity index (χ4v) is 3.97. The molecule has 1 N–H and O–H groups in total. The van der Waals surface area contributed by atoms with Crippen molar-refractivity contribution in [1.82, 2.24) is 4.90 Å². The maximum atomic E-state index is 10.6. The molecular formula is C26H51NO2. The zero-order chi connectivity index (χ0) is 21.6. The second-order valence-electron chi connectivity index (χ2n) is 8.70. The number of hydrogen-bond donors (Lipinski definition) is 1. The molecule has 3 heteroatoms. The van der Waals surface area contributed by atoms with E-state index in [1.807, 2.05) is 0 Å². The number of carboxylic acid groups (broad SMARTS) is 1. The van der Waals surface area contributed by atoms with Gasteiger partial charge in [-0.2, -0.15) is 0 Å². The summed E-state index contributed by atoms with van der Waals surface area (Å²) in [6.07, 6.45) is 23.6. The van der Waals surface area contributed by atoms with Gasteiger partial charge < -0.3 is 10.0 Å². The Morgan fingerprint density at radius 2 is 0.931 bits per heavy atom. The molecule has 0 rings (SSSR count). The molecule has 0 bridgehead atoms. The maximum absolute atomic E-state index is 10.6. The van der Waals surface area contributed by atoms with Gasteiger partial charge in [-0.25, -0.2) is 4.79 Å². The first-order valence-electron chi connectivity index (χ1n) is 12.7. The Hall–Kier alpha value is -0.830. The maximum Gasteiger partial charge on any atom is 0.330 e. The van der Waals surface area contributed by atoms with Gasteiger partial charge in [-0.1, -0.05) is 117 Å². The molecule has 172 valence electrons. The third-order valence-electron chi connectivity index (χ3n) is 6.15. The van der Waals surface area contributed by atoms with E-state index < -0.39 is 5.97 Å². The van der Waals surface area contributed by atoms with Crippen LogP contribution >= 0.6 is 0 Å². The van der Waals surface area contributed by atoms with Crippen molar-refractivity contribution in [2.75, 3.05) is 19.6 Å². The Morgan fingerprint density at radius 1 is 0.621 bits per heavy atom. The molecule has 0 unspecified atom stereocenters. The lowest BCUT2D eigenvalue weighted by Gasteiger charge is -2.17. The molecule has 0 radical (unpaired) electrons. The summed E-state index contributed by atoms with van der Waals surface area (Å²) < 4.78 is 0. The second-order valence-corrected chi connectivity index (χ2v) is 8.70. The van der Waals surface area contributed by atoms with Crippen molar-refractivity contribution >= 4 is 5.97 Å². The summed E-state index contributed by atoms with van der Waals surface area (Å²) in [6.45, 7) is 11.8. The zero-order valence-corrected chi connectivity index (χ0v) is 19.9. The standard InChI is InChI=1S/C26H51NO2/c1-4-27(5-2)24-22-20-18-16-14-12-10-8-6-7-9-11-13-15-17-19-21-23-25(3)26(28)29/h3-24H2,1-2H3,(H,28,29). The molecule has 0 aromatic heterocycles. The molecule has 0 aromatic carbocycles. The number of nitrogens with zero attached hydrogens (tertiary/aromatic N) is 1. The van der Waals surface area contributed by atoms with Crippen LogP contribution in [0.25, 0.3) is 0 Å². The monoisotopic (exact) mass is 409 g/mol. The van der Waals surface area contributed by atoms with E-state index in [4.69, 9.17) is 5.11 Å². The molecule has 0 aliphatic rings. The molecule has 0 saturated heterocycles. The minimum Gasteiger partial charge on any atom is -0.478 e. The average Bonchev–Trinajstić information content (AvgIpc) is 2.72. The molecule has 0 saturated carbocycles. The van der Waals surface area contributed by atoms with Crippen LogP contribution in [0.4, 0.5) is 0 Å². The highest BCUT2D eigenvalue weighted by Gasteiger charge is 2.02. The number of rotatable bonds is 23. The van der Waals surface area contributed by atoms with Crippen molar-refractivity contribution in [2.24, 2.45) is 0 Å². The third-order valence-corrected chi connectivity index (χ3v) is 6.15. The zero-order valence-electron chi connectivity index (χ0n) is 19.9. The van der Waals surface area contributed by atoms with Gasteiger partial charge in [0.25, 0.3) is 0 Å². The predicted molar refractivity (Wildman–Crippen MR) is 128 cm³/mol. The van der Waals surface area contributed by atoms with Gasteiger partial charge in [-0.3, -0.25) is 0 Å². The van der Waals surface area contributed by atoms with Crippen molar-refractivity contribution in [2.45, 2.75) is 129 Å². The van der Waals surface area contributed by atoms with Gasteiger partial charge in [-0.05, 0) is 38.9 Å². The van der Waals surface area contributed by atoms with E-state index in [0.29, 0.717) is 12.0 Å². The van der Waals surface area contributed by atoms with Crippen LogP contribution in [0.3, 0.4) is 0 Å². The third kappa shape index (κ3) is 20.2. The molecule has 0 spiro atoms. The minimum absolute atomic E-state index is 0.357. The Labute approximate surface area is 182 Å². The summed E-state index contributed by atoms with van der Waals surface area (Å²) in [5, 5.41) is 8.75. The van der Waals surface area contributed by atoms with Crippen LogP contribution in [0.15, 0.2) is 12.2 Å². The van der Waals surface area contributed by atoms with Gasteiger partial charge in [0.1, 0.15) is 0 Å². The highest BCUT2D eigenvalue weighted by Crippen LogP contribution is 2.15. The Morgan fingerprint density at radius 3 is 1.24 bits per heavy atom. The van der Waals surface area contributed by atoms with Gasteiger partial charge in [0.05, 0.1) is 0 Å². The van der Waals surface area contributed by atoms with Crippen LogP contribution in [0.5, 0.6) is 0 Å². The molecule has 3 nitrogen and oxygen atoms in total. The van der Waals surface area contributed by atoms with Crippen LogP contribution in [-0.4, -0.2) is 35.6 Å². The first-order valence-corrected chi connectivity index (χ1v) is 12.7. The summed E-state index contributed by atoms with van der Waals surface area (Å²) in [4.78, 5) is 13.2. The van der Waals surface area contributed by atoms with Gasteiger partial charge in [0.15, 0.2) is 0 Å². The largest absolute Gasteiger partial charge is 0.478 e. The first kappa shape index (κ1) is 28.2. The minimum atomic E-state index is -0.841. The van der Waals surface area contributed by atoms with Crippen LogP contribution in [0.1, 0.15) is 129 Å². The second kappa shape index (κ2) is 21.9.